The maximum Gasteiger partial charge on any atom is 0.224 e. The highest BCUT2D eigenvalue weighted by molar-refractivity contribution is 5.79. The molecule has 2 aromatic rings. The van der Waals surface area contributed by atoms with Gasteiger partial charge in [0.15, 0.2) is 0 Å². The number of nitrogens with zero attached hydrogens (tertiary/aromatic N) is 3. The Labute approximate surface area is 162 Å². The molecule has 0 aliphatic rings. The summed E-state index contributed by atoms with van der Waals surface area (Å²) in [7, 11) is 3.58. The Morgan fingerprint density at radius 2 is 2.00 bits per heavy atom. The van der Waals surface area contributed by atoms with Crippen molar-refractivity contribution in [1.82, 2.24) is 20.0 Å². The van der Waals surface area contributed by atoms with Gasteiger partial charge in [-0.1, -0.05) is 26.0 Å². The molecule has 1 amide bonds. The van der Waals surface area contributed by atoms with Gasteiger partial charge in [-0.25, -0.2) is 0 Å². The lowest BCUT2D eigenvalue weighted by Crippen LogP contribution is -2.38. The van der Waals surface area contributed by atoms with Gasteiger partial charge in [0.1, 0.15) is 5.75 Å². The van der Waals surface area contributed by atoms with Crippen LogP contribution in [0.4, 0.5) is 0 Å². The lowest BCUT2D eigenvalue weighted by molar-refractivity contribution is -0.120. The average molecular weight is 373 g/mol. The number of benzene rings is 1. The lowest BCUT2D eigenvalue weighted by Gasteiger charge is -2.30. The van der Waals surface area contributed by atoms with E-state index in [4.69, 9.17) is 4.74 Å². The van der Waals surface area contributed by atoms with E-state index in [0.29, 0.717) is 13.0 Å². The molecule has 0 aliphatic heterocycles. The number of aromatic nitrogens is 2. The summed E-state index contributed by atoms with van der Waals surface area (Å²) in [4.78, 5) is 14.9. The second kappa shape index (κ2) is 9.55. The van der Waals surface area contributed by atoms with Crippen LogP contribution in [0.15, 0.2) is 24.3 Å². The molecule has 0 spiro atoms. The molecule has 0 fully saturated rings. The van der Waals surface area contributed by atoms with Gasteiger partial charge in [0.25, 0.3) is 0 Å². The van der Waals surface area contributed by atoms with Crippen molar-refractivity contribution in [2.75, 3.05) is 26.7 Å². The molecule has 6 nitrogen and oxygen atoms in total. The maximum atomic E-state index is 12.6. The fourth-order valence-electron chi connectivity index (χ4n) is 3.48. The highest BCUT2D eigenvalue weighted by atomic mass is 16.5. The first kappa shape index (κ1) is 21.0. The quantitative estimate of drug-likeness (QED) is 0.735. The third-order valence-corrected chi connectivity index (χ3v) is 5.22. The van der Waals surface area contributed by atoms with Crippen molar-refractivity contribution in [1.29, 1.82) is 0 Å². The minimum atomic E-state index is 0.0225. The molecular formula is C21H32N4O2. The number of nitrogens with one attached hydrogen (secondary N) is 1. The Balaban J connectivity index is 2.12. The first-order valence-electron chi connectivity index (χ1n) is 9.54. The van der Waals surface area contributed by atoms with Crippen LogP contribution < -0.4 is 10.1 Å². The van der Waals surface area contributed by atoms with Gasteiger partial charge in [0.05, 0.1) is 25.3 Å². The first-order valence-corrected chi connectivity index (χ1v) is 9.54. The van der Waals surface area contributed by atoms with Crippen molar-refractivity contribution in [3.05, 3.63) is 46.8 Å². The van der Waals surface area contributed by atoms with Crippen LogP contribution in [0.2, 0.25) is 0 Å². The third-order valence-electron chi connectivity index (χ3n) is 5.22. The van der Waals surface area contributed by atoms with Crippen LogP contribution >= 0.6 is 0 Å². The van der Waals surface area contributed by atoms with Crippen LogP contribution in [0.5, 0.6) is 5.75 Å². The number of hydrogen-bond acceptors (Lipinski definition) is 4. The standard InChI is InChI=1S/C21H32N4O2/c1-7-25(8-2)20(17-10-9-11-18(12-17)27-6)14-22-21(26)13-19-15(3)23-24(5)16(19)4/h9-12,20H,7-8,13-14H2,1-6H3,(H,22,26)/t20-/m0/s1. The largest absolute Gasteiger partial charge is 0.497 e. The van der Waals surface area contributed by atoms with E-state index >= 15 is 0 Å². The van der Waals surface area contributed by atoms with Crippen molar-refractivity contribution in [3.63, 3.8) is 0 Å². The van der Waals surface area contributed by atoms with Crippen molar-refractivity contribution in [2.45, 2.75) is 40.2 Å². The fourth-order valence-corrected chi connectivity index (χ4v) is 3.48. The van der Waals surface area contributed by atoms with Gasteiger partial charge >= 0.3 is 0 Å². The number of carbonyl (C=O) groups is 1. The zero-order valence-electron chi connectivity index (χ0n) is 17.4. The highest BCUT2D eigenvalue weighted by Gasteiger charge is 2.20. The molecule has 0 bridgehead atoms. The Hall–Kier alpha value is -2.34. The minimum absolute atomic E-state index is 0.0225. The molecule has 0 unspecified atom stereocenters. The van der Waals surface area contributed by atoms with Crippen LogP contribution in [-0.4, -0.2) is 47.3 Å². The summed E-state index contributed by atoms with van der Waals surface area (Å²) in [6.07, 6.45) is 0.356. The summed E-state index contributed by atoms with van der Waals surface area (Å²) in [5.74, 6) is 0.854. The Morgan fingerprint density at radius 1 is 1.30 bits per heavy atom. The van der Waals surface area contributed by atoms with Crippen molar-refractivity contribution in [3.8, 4) is 5.75 Å². The van der Waals surface area contributed by atoms with E-state index in [-0.39, 0.29) is 11.9 Å². The molecule has 1 N–H and O–H groups in total. The summed E-state index contributed by atoms with van der Waals surface area (Å²) >= 11 is 0. The molecular weight excluding hydrogens is 340 g/mol. The molecule has 0 aliphatic carbocycles. The van der Waals surface area contributed by atoms with E-state index in [2.05, 4.69) is 35.2 Å². The molecule has 1 aromatic heterocycles. The molecule has 27 heavy (non-hydrogen) atoms. The molecule has 0 saturated carbocycles. The molecule has 0 radical (unpaired) electrons. The van der Waals surface area contributed by atoms with Crippen LogP contribution in [0, 0.1) is 13.8 Å². The molecule has 2 rings (SSSR count). The Kier molecular flexibility index (Phi) is 7.42. The zero-order chi connectivity index (χ0) is 20.0. The van der Waals surface area contributed by atoms with Crippen LogP contribution in [-0.2, 0) is 18.3 Å². The lowest BCUT2D eigenvalue weighted by atomic mass is 10.0. The number of aryl methyl sites for hydroxylation is 2. The molecule has 0 saturated heterocycles. The second-order valence-electron chi connectivity index (χ2n) is 6.77. The summed E-state index contributed by atoms with van der Waals surface area (Å²) in [6, 6.07) is 8.18. The fraction of sp³-hybridized carbons (Fsp3) is 0.524. The van der Waals surface area contributed by atoms with Gasteiger partial charge < -0.3 is 10.1 Å². The van der Waals surface area contributed by atoms with E-state index in [0.717, 1.165) is 41.4 Å². The second-order valence-corrected chi connectivity index (χ2v) is 6.77. The number of hydrogen-bond donors (Lipinski definition) is 1. The first-order chi connectivity index (χ1) is 12.9. The van der Waals surface area contributed by atoms with Crippen LogP contribution in [0.3, 0.4) is 0 Å². The predicted octanol–water partition coefficient (Wildman–Crippen LogP) is 2.79. The van der Waals surface area contributed by atoms with Crippen molar-refractivity contribution in [2.24, 2.45) is 7.05 Å². The summed E-state index contributed by atoms with van der Waals surface area (Å²) in [5, 5.41) is 7.52. The maximum absolute atomic E-state index is 12.6. The number of carbonyl (C=O) groups excluding carboxylic acids is 1. The SMILES string of the molecule is CCN(CC)[C@@H](CNC(=O)Cc1c(C)nn(C)c1C)c1cccc(OC)c1. The van der Waals surface area contributed by atoms with Gasteiger partial charge in [-0.15, -0.1) is 0 Å². The molecule has 148 valence electrons. The number of likely N-dealkylation sites (N-methyl/N-ethyl adjacent to an activating group) is 1. The summed E-state index contributed by atoms with van der Waals surface area (Å²) in [6.45, 7) is 10.6. The topological polar surface area (TPSA) is 59.4 Å². The zero-order valence-corrected chi connectivity index (χ0v) is 17.4. The van der Waals surface area contributed by atoms with E-state index in [9.17, 15) is 4.79 Å². The average Bonchev–Trinajstić information content (AvgIpc) is 2.91. The van der Waals surface area contributed by atoms with Gasteiger partial charge in [-0.05, 0) is 44.6 Å². The predicted molar refractivity (Wildman–Crippen MR) is 108 cm³/mol. The number of rotatable bonds is 9. The van der Waals surface area contributed by atoms with Crippen LogP contribution in [0.25, 0.3) is 0 Å². The molecule has 6 heteroatoms. The van der Waals surface area contributed by atoms with Gasteiger partial charge in [-0.2, -0.15) is 5.10 Å². The van der Waals surface area contributed by atoms with E-state index < -0.39 is 0 Å². The highest BCUT2D eigenvalue weighted by Crippen LogP contribution is 2.24. The number of ether oxygens (including phenoxy) is 1. The van der Waals surface area contributed by atoms with Crippen LogP contribution in [0.1, 0.15) is 42.4 Å². The third kappa shape index (κ3) is 5.10. The van der Waals surface area contributed by atoms with Gasteiger partial charge in [0.2, 0.25) is 5.91 Å². The van der Waals surface area contributed by atoms with E-state index in [1.54, 1.807) is 7.11 Å². The molecule has 1 atom stereocenters. The summed E-state index contributed by atoms with van der Waals surface area (Å²) < 4.78 is 7.20. The summed E-state index contributed by atoms with van der Waals surface area (Å²) in [5.41, 5.74) is 4.11. The Morgan fingerprint density at radius 3 is 2.56 bits per heavy atom. The number of methoxy groups -OCH3 is 1. The Bertz CT molecular complexity index is 766. The van der Waals surface area contributed by atoms with Crippen molar-refractivity contribution < 1.29 is 9.53 Å². The molecule has 1 heterocycles. The van der Waals surface area contributed by atoms with Crippen molar-refractivity contribution >= 4 is 5.91 Å². The monoisotopic (exact) mass is 372 g/mol. The smallest absolute Gasteiger partial charge is 0.224 e. The van der Waals surface area contributed by atoms with E-state index in [1.807, 2.05) is 43.8 Å². The minimum Gasteiger partial charge on any atom is -0.497 e. The van der Waals surface area contributed by atoms with Gasteiger partial charge in [0, 0.05) is 24.8 Å². The van der Waals surface area contributed by atoms with Gasteiger partial charge in [-0.3, -0.25) is 14.4 Å². The van der Waals surface area contributed by atoms with E-state index in [1.165, 1.54) is 0 Å². The molecule has 1 aromatic carbocycles. The number of amides is 1. The normalized spacial score (nSPS) is 12.3.